The van der Waals surface area contributed by atoms with Gasteiger partial charge in [0.2, 0.25) is 5.91 Å². The predicted octanol–water partition coefficient (Wildman–Crippen LogP) is 2.59. The van der Waals surface area contributed by atoms with Crippen LogP contribution < -0.4 is 15.5 Å². The normalized spacial score (nSPS) is 13.5. The summed E-state index contributed by atoms with van der Waals surface area (Å²) in [7, 11) is 0. The molecule has 0 bridgehead atoms. The Morgan fingerprint density at radius 1 is 1.12 bits per heavy atom. The zero-order chi connectivity index (χ0) is 17.1. The molecule has 2 N–H and O–H groups in total. The minimum atomic E-state index is -0.571. The number of hydrogen-bond donors (Lipinski definition) is 1. The number of hydrogen-bond acceptors (Lipinski definition) is 5. The fourth-order valence-corrected chi connectivity index (χ4v) is 2.41. The molecular weight excluding hydrogens is 306 g/mol. The van der Waals surface area contributed by atoms with Crippen LogP contribution in [0.5, 0.6) is 5.75 Å². The second-order valence-electron chi connectivity index (χ2n) is 5.54. The van der Waals surface area contributed by atoms with Gasteiger partial charge in [-0.05, 0) is 49.4 Å². The van der Waals surface area contributed by atoms with Crippen LogP contribution in [0, 0.1) is 0 Å². The number of hydrazone groups is 1. The molecule has 122 valence electrons. The van der Waals surface area contributed by atoms with Gasteiger partial charge in [-0.3, -0.25) is 9.80 Å². The first kappa shape index (κ1) is 15.7. The Hall–Kier alpha value is -3.15. The number of esters is 1. The van der Waals surface area contributed by atoms with Gasteiger partial charge in [0.25, 0.3) is 0 Å². The molecule has 0 aliphatic carbocycles. The van der Waals surface area contributed by atoms with Crippen molar-refractivity contribution in [3.05, 3.63) is 59.7 Å². The van der Waals surface area contributed by atoms with Crippen LogP contribution in [0.2, 0.25) is 0 Å². The fourth-order valence-electron chi connectivity index (χ4n) is 2.41. The highest BCUT2D eigenvalue weighted by atomic mass is 16.5. The highest BCUT2D eigenvalue weighted by molar-refractivity contribution is 5.94. The number of carbonyl (C=O) groups excluding carboxylic acids is 2. The molecule has 24 heavy (non-hydrogen) atoms. The molecule has 2 aromatic carbocycles. The number of primary amides is 1. The van der Waals surface area contributed by atoms with E-state index in [-0.39, 0.29) is 11.3 Å². The topological polar surface area (TPSA) is 85.0 Å². The second kappa shape index (κ2) is 6.54. The Labute approximate surface area is 139 Å². The van der Waals surface area contributed by atoms with Crippen molar-refractivity contribution in [2.45, 2.75) is 13.3 Å². The fraction of sp³-hybridized carbons (Fsp3) is 0.167. The van der Waals surface area contributed by atoms with Crippen molar-refractivity contribution in [2.24, 2.45) is 10.8 Å². The van der Waals surface area contributed by atoms with Crippen molar-refractivity contribution in [3.63, 3.8) is 0 Å². The number of rotatable bonds is 4. The Morgan fingerprint density at radius 3 is 2.50 bits per heavy atom. The molecule has 6 heteroatoms. The summed E-state index contributed by atoms with van der Waals surface area (Å²) in [6.07, 6.45) is 0.944. The van der Waals surface area contributed by atoms with Crippen LogP contribution in [0.25, 0.3) is 0 Å². The zero-order valence-corrected chi connectivity index (χ0v) is 13.2. The van der Waals surface area contributed by atoms with E-state index in [0.29, 0.717) is 5.56 Å². The van der Waals surface area contributed by atoms with Crippen molar-refractivity contribution in [1.82, 2.24) is 0 Å². The number of amides is 1. The van der Waals surface area contributed by atoms with E-state index in [2.05, 4.69) is 5.10 Å². The van der Waals surface area contributed by atoms with Gasteiger partial charge in [-0.1, -0.05) is 6.07 Å². The monoisotopic (exact) mass is 323 g/mol. The van der Waals surface area contributed by atoms with Gasteiger partial charge in [0.05, 0.1) is 11.3 Å². The van der Waals surface area contributed by atoms with Crippen LogP contribution in [0.3, 0.4) is 0 Å². The summed E-state index contributed by atoms with van der Waals surface area (Å²) < 4.78 is 5.29. The average Bonchev–Trinajstić information content (AvgIpc) is 3.01. The van der Waals surface area contributed by atoms with Crippen molar-refractivity contribution in [3.8, 4) is 5.75 Å². The van der Waals surface area contributed by atoms with Crippen LogP contribution in [0.4, 0.5) is 5.69 Å². The van der Waals surface area contributed by atoms with Crippen LogP contribution in [-0.2, 0) is 0 Å². The number of nitrogens with zero attached hydrogens (tertiary/aromatic N) is 2. The zero-order valence-electron chi connectivity index (χ0n) is 13.2. The minimum absolute atomic E-state index is 0.278. The van der Waals surface area contributed by atoms with Gasteiger partial charge >= 0.3 is 5.97 Å². The lowest BCUT2D eigenvalue weighted by molar-refractivity contribution is 0.0733. The van der Waals surface area contributed by atoms with Gasteiger partial charge in [-0.2, -0.15) is 5.10 Å². The standard InChI is InChI=1S/C18H17N3O3/c1-12-9-10-21(20-12)15-7-5-13(6-8-15)18(23)24-16-4-2-3-14(11-16)17(19)22/h2-8,11H,9-10H2,1H3,(H2,19,22). The van der Waals surface area contributed by atoms with E-state index in [0.717, 1.165) is 24.4 Å². The summed E-state index contributed by atoms with van der Waals surface area (Å²) in [5.41, 5.74) is 7.95. The maximum Gasteiger partial charge on any atom is 0.343 e. The molecule has 6 nitrogen and oxygen atoms in total. The van der Waals surface area contributed by atoms with Gasteiger partial charge < -0.3 is 10.5 Å². The van der Waals surface area contributed by atoms with Gasteiger partial charge in [-0.15, -0.1) is 0 Å². The van der Waals surface area contributed by atoms with E-state index >= 15 is 0 Å². The Morgan fingerprint density at radius 2 is 1.88 bits per heavy atom. The van der Waals surface area contributed by atoms with Crippen LogP contribution in [-0.4, -0.2) is 24.1 Å². The van der Waals surface area contributed by atoms with E-state index in [1.54, 1.807) is 30.3 Å². The molecule has 0 fully saturated rings. The van der Waals surface area contributed by atoms with E-state index in [1.165, 1.54) is 6.07 Å². The lowest BCUT2D eigenvalue weighted by Crippen LogP contribution is -2.13. The largest absolute Gasteiger partial charge is 0.423 e. The molecule has 0 atom stereocenters. The predicted molar refractivity (Wildman–Crippen MR) is 91.4 cm³/mol. The summed E-state index contributed by atoms with van der Waals surface area (Å²) in [5.74, 6) is -0.789. The van der Waals surface area contributed by atoms with Crippen LogP contribution in [0.1, 0.15) is 34.1 Å². The van der Waals surface area contributed by atoms with Crippen molar-refractivity contribution < 1.29 is 14.3 Å². The van der Waals surface area contributed by atoms with Gasteiger partial charge in [0.1, 0.15) is 5.75 Å². The molecule has 3 rings (SSSR count). The summed E-state index contributed by atoms with van der Waals surface area (Å²) in [6, 6.07) is 13.3. The highest BCUT2D eigenvalue weighted by Gasteiger charge is 2.14. The first-order valence-corrected chi connectivity index (χ1v) is 7.56. The third kappa shape index (κ3) is 3.43. The average molecular weight is 323 g/mol. The van der Waals surface area contributed by atoms with Gasteiger partial charge in [0, 0.05) is 24.2 Å². The number of anilines is 1. The number of carbonyl (C=O) groups is 2. The highest BCUT2D eigenvalue weighted by Crippen LogP contribution is 2.21. The first-order valence-electron chi connectivity index (χ1n) is 7.56. The molecule has 0 spiro atoms. The molecule has 0 aromatic heterocycles. The maximum atomic E-state index is 12.2. The van der Waals surface area contributed by atoms with Crippen LogP contribution in [0.15, 0.2) is 53.6 Å². The number of nitrogens with two attached hydrogens (primary N) is 1. The quantitative estimate of drug-likeness (QED) is 0.692. The molecular formula is C18H17N3O3. The smallest absolute Gasteiger partial charge is 0.343 e. The summed E-state index contributed by atoms with van der Waals surface area (Å²) >= 11 is 0. The van der Waals surface area contributed by atoms with Crippen LogP contribution >= 0.6 is 0 Å². The molecule has 1 aliphatic rings. The van der Waals surface area contributed by atoms with Gasteiger partial charge in [-0.25, -0.2) is 4.79 Å². The lowest BCUT2D eigenvalue weighted by Gasteiger charge is -2.13. The molecule has 1 heterocycles. The molecule has 0 saturated carbocycles. The second-order valence-corrected chi connectivity index (χ2v) is 5.54. The number of ether oxygens (including phenoxy) is 1. The molecule has 0 unspecified atom stereocenters. The van der Waals surface area contributed by atoms with Crippen molar-refractivity contribution >= 4 is 23.3 Å². The third-order valence-electron chi connectivity index (χ3n) is 3.71. The lowest BCUT2D eigenvalue weighted by atomic mass is 10.2. The molecule has 2 aromatic rings. The third-order valence-corrected chi connectivity index (χ3v) is 3.71. The Bertz CT molecular complexity index is 813. The SMILES string of the molecule is CC1=NN(c2ccc(C(=O)Oc3cccc(C(N)=O)c3)cc2)CC1. The minimum Gasteiger partial charge on any atom is -0.423 e. The maximum absolute atomic E-state index is 12.2. The summed E-state index contributed by atoms with van der Waals surface area (Å²) in [5, 5.41) is 6.32. The molecule has 1 amide bonds. The van der Waals surface area contributed by atoms with E-state index < -0.39 is 11.9 Å². The number of benzene rings is 2. The van der Waals surface area contributed by atoms with Crippen molar-refractivity contribution in [1.29, 1.82) is 0 Å². The van der Waals surface area contributed by atoms with Crippen molar-refractivity contribution in [2.75, 3.05) is 11.6 Å². The van der Waals surface area contributed by atoms with E-state index in [9.17, 15) is 9.59 Å². The summed E-state index contributed by atoms with van der Waals surface area (Å²) in [4.78, 5) is 23.4. The summed E-state index contributed by atoms with van der Waals surface area (Å²) in [6.45, 7) is 2.83. The molecule has 1 aliphatic heterocycles. The van der Waals surface area contributed by atoms with E-state index in [4.69, 9.17) is 10.5 Å². The van der Waals surface area contributed by atoms with E-state index in [1.807, 2.05) is 24.1 Å². The van der Waals surface area contributed by atoms with Gasteiger partial charge in [0.15, 0.2) is 0 Å². The molecule has 0 saturated heterocycles. The molecule has 0 radical (unpaired) electrons. The first-order chi connectivity index (χ1) is 11.5. The Balaban J connectivity index is 1.71. The Kier molecular flexibility index (Phi) is 4.29.